The van der Waals surface area contributed by atoms with Crippen molar-refractivity contribution in [2.45, 2.75) is 32.8 Å². The quantitative estimate of drug-likeness (QED) is 0.527. The van der Waals surface area contributed by atoms with E-state index in [1.54, 1.807) is 13.8 Å². The Bertz CT molecular complexity index is 291. The van der Waals surface area contributed by atoms with E-state index in [0.29, 0.717) is 0 Å². The van der Waals surface area contributed by atoms with Crippen LogP contribution in [0.4, 0.5) is 4.79 Å². The molecular formula is C11H16O5. The zero-order chi connectivity index (χ0) is 12.6. The molecule has 1 atom stereocenters. The number of hydrogen-bond acceptors (Lipinski definition) is 5. The zero-order valence-electron chi connectivity index (χ0n) is 9.74. The first-order valence-corrected chi connectivity index (χ1v) is 4.90. The standard InChI is InChI=1S/C11H16O5/c1-5-11(4,16-9(3)12)7-8-15-10(13)14-6-2/h1H,6-8H2,2-4H3. The molecule has 0 aromatic carbocycles. The molecule has 0 aliphatic carbocycles. The van der Waals surface area contributed by atoms with E-state index in [1.165, 1.54) is 6.92 Å². The largest absolute Gasteiger partial charge is 0.508 e. The first-order valence-electron chi connectivity index (χ1n) is 4.90. The molecule has 0 bridgehead atoms. The van der Waals surface area contributed by atoms with Crippen LogP contribution in [0.5, 0.6) is 0 Å². The maximum absolute atomic E-state index is 10.8. The topological polar surface area (TPSA) is 61.8 Å². The van der Waals surface area contributed by atoms with Gasteiger partial charge in [0.05, 0.1) is 13.2 Å². The number of rotatable bonds is 5. The van der Waals surface area contributed by atoms with Gasteiger partial charge in [-0.25, -0.2) is 4.79 Å². The average Bonchev–Trinajstić information content (AvgIpc) is 2.17. The third kappa shape index (κ3) is 5.91. The molecule has 0 saturated carbocycles. The summed E-state index contributed by atoms with van der Waals surface area (Å²) in [5.41, 5.74) is -1.06. The van der Waals surface area contributed by atoms with Crippen LogP contribution in [-0.2, 0) is 19.0 Å². The number of ether oxygens (including phenoxy) is 3. The normalized spacial score (nSPS) is 13.1. The smallest absolute Gasteiger partial charge is 0.446 e. The van der Waals surface area contributed by atoms with Gasteiger partial charge in [-0.05, 0) is 13.8 Å². The van der Waals surface area contributed by atoms with Gasteiger partial charge in [0.25, 0.3) is 0 Å². The van der Waals surface area contributed by atoms with Gasteiger partial charge in [0.2, 0.25) is 0 Å². The van der Waals surface area contributed by atoms with Crippen LogP contribution in [0.15, 0.2) is 0 Å². The van der Waals surface area contributed by atoms with Gasteiger partial charge < -0.3 is 14.2 Å². The fraction of sp³-hybridized carbons (Fsp3) is 0.636. The van der Waals surface area contributed by atoms with Crippen molar-refractivity contribution in [2.24, 2.45) is 0 Å². The zero-order valence-corrected chi connectivity index (χ0v) is 9.74. The SMILES string of the molecule is C#CC(C)(CCOC(=O)OCC)OC(C)=O. The van der Waals surface area contributed by atoms with Crippen LogP contribution in [0, 0.1) is 12.3 Å². The molecule has 0 radical (unpaired) electrons. The molecule has 5 nitrogen and oxygen atoms in total. The van der Waals surface area contributed by atoms with Gasteiger partial charge in [0, 0.05) is 13.3 Å². The van der Waals surface area contributed by atoms with Crippen molar-refractivity contribution in [3.63, 3.8) is 0 Å². The van der Waals surface area contributed by atoms with E-state index >= 15 is 0 Å². The van der Waals surface area contributed by atoms with Gasteiger partial charge in [-0.15, -0.1) is 6.42 Å². The molecule has 0 aromatic rings. The summed E-state index contributed by atoms with van der Waals surface area (Å²) in [5, 5.41) is 0. The second-order valence-corrected chi connectivity index (χ2v) is 3.25. The Morgan fingerprint density at radius 1 is 1.38 bits per heavy atom. The van der Waals surface area contributed by atoms with Gasteiger partial charge in [-0.1, -0.05) is 5.92 Å². The summed E-state index contributed by atoms with van der Waals surface area (Å²) in [6, 6.07) is 0. The number of hydrogen-bond donors (Lipinski definition) is 0. The van der Waals surface area contributed by atoms with E-state index in [9.17, 15) is 9.59 Å². The molecule has 0 spiro atoms. The molecule has 16 heavy (non-hydrogen) atoms. The van der Waals surface area contributed by atoms with Crippen molar-refractivity contribution < 1.29 is 23.8 Å². The van der Waals surface area contributed by atoms with Crippen molar-refractivity contribution in [3.05, 3.63) is 0 Å². The monoisotopic (exact) mass is 228 g/mol. The molecule has 0 fully saturated rings. The summed E-state index contributed by atoms with van der Waals surface area (Å²) >= 11 is 0. The van der Waals surface area contributed by atoms with Gasteiger partial charge in [0.1, 0.15) is 0 Å². The van der Waals surface area contributed by atoms with E-state index in [0.717, 1.165) is 0 Å². The average molecular weight is 228 g/mol. The Balaban J connectivity index is 4.01. The summed E-state index contributed by atoms with van der Waals surface area (Å²) in [4.78, 5) is 21.6. The van der Waals surface area contributed by atoms with Crippen LogP contribution in [0.3, 0.4) is 0 Å². The molecule has 0 aliphatic heterocycles. The van der Waals surface area contributed by atoms with Gasteiger partial charge in [-0.2, -0.15) is 0 Å². The molecule has 0 N–H and O–H groups in total. The van der Waals surface area contributed by atoms with Gasteiger partial charge >= 0.3 is 12.1 Å². The number of carbonyl (C=O) groups excluding carboxylic acids is 2. The highest BCUT2D eigenvalue weighted by Gasteiger charge is 2.25. The Kier molecular flexibility index (Phi) is 6.01. The highest BCUT2D eigenvalue weighted by atomic mass is 16.7. The molecule has 5 heteroatoms. The minimum absolute atomic E-state index is 0.0345. The fourth-order valence-electron chi connectivity index (χ4n) is 0.959. The van der Waals surface area contributed by atoms with E-state index in [1.807, 2.05) is 0 Å². The molecule has 0 rings (SSSR count). The van der Waals surface area contributed by atoms with E-state index in [-0.39, 0.29) is 19.6 Å². The van der Waals surface area contributed by atoms with Crippen LogP contribution < -0.4 is 0 Å². The molecule has 90 valence electrons. The van der Waals surface area contributed by atoms with Crippen molar-refractivity contribution in [1.29, 1.82) is 0 Å². The van der Waals surface area contributed by atoms with Crippen LogP contribution in [0.1, 0.15) is 27.2 Å². The van der Waals surface area contributed by atoms with Crippen molar-refractivity contribution in [3.8, 4) is 12.3 Å². The highest BCUT2D eigenvalue weighted by molar-refractivity contribution is 5.67. The predicted molar refractivity (Wildman–Crippen MR) is 56.6 cm³/mol. The summed E-state index contributed by atoms with van der Waals surface area (Å²) in [6.07, 6.45) is 4.70. The second kappa shape index (κ2) is 6.72. The lowest BCUT2D eigenvalue weighted by Crippen LogP contribution is -2.31. The number of terminal acetylenes is 1. The molecule has 0 heterocycles. The Labute approximate surface area is 95.1 Å². The Morgan fingerprint density at radius 3 is 2.44 bits per heavy atom. The van der Waals surface area contributed by atoms with Crippen molar-refractivity contribution in [1.82, 2.24) is 0 Å². The van der Waals surface area contributed by atoms with Crippen LogP contribution in [-0.4, -0.2) is 30.9 Å². The minimum atomic E-state index is -1.06. The van der Waals surface area contributed by atoms with Crippen LogP contribution >= 0.6 is 0 Å². The molecule has 0 amide bonds. The van der Waals surface area contributed by atoms with Gasteiger partial charge in [-0.3, -0.25) is 4.79 Å². The maximum atomic E-state index is 10.8. The number of esters is 1. The van der Waals surface area contributed by atoms with Crippen molar-refractivity contribution >= 4 is 12.1 Å². The minimum Gasteiger partial charge on any atom is -0.446 e. The van der Waals surface area contributed by atoms with Gasteiger partial charge in [0.15, 0.2) is 5.60 Å². The molecule has 0 aromatic heterocycles. The third-order valence-corrected chi connectivity index (χ3v) is 1.74. The molecule has 0 saturated heterocycles. The Morgan fingerprint density at radius 2 is 2.00 bits per heavy atom. The molecule has 0 aliphatic rings. The predicted octanol–water partition coefficient (Wildman–Crippen LogP) is 1.50. The van der Waals surface area contributed by atoms with Crippen molar-refractivity contribution in [2.75, 3.05) is 13.2 Å². The third-order valence-electron chi connectivity index (χ3n) is 1.74. The fourth-order valence-corrected chi connectivity index (χ4v) is 0.959. The van der Waals surface area contributed by atoms with Crippen LogP contribution in [0.2, 0.25) is 0 Å². The number of carbonyl (C=O) groups is 2. The van der Waals surface area contributed by atoms with Crippen LogP contribution in [0.25, 0.3) is 0 Å². The molecule has 1 unspecified atom stereocenters. The second-order valence-electron chi connectivity index (χ2n) is 3.25. The molecular weight excluding hydrogens is 212 g/mol. The van der Waals surface area contributed by atoms with E-state index in [4.69, 9.17) is 15.9 Å². The summed E-state index contributed by atoms with van der Waals surface area (Å²) in [5.74, 6) is 1.86. The first kappa shape index (κ1) is 14.3. The lowest BCUT2D eigenvalue weighted by Gasteiger charge is -2.22. The first-order chi connectivity index (χ1) is 7.43. The lowest BCUT2D eigenvalue weighted by atomic mass is 10.0. The maximum Gasteiger partial charge on any atom is 0.508 e. The van der Waals surface area contributed by atoms with E-state index in [2.05, 4.69) is 10.7 Å². The van der Waals surface area contributed by atoms with E-state index < -0.39 is 17.7 Å². The summed E-state index contributed by atoms with van der Waals surface area (Å²) < 4.78 is 14.2. The Hall–Kier alpha value is -1.70. The summed E-state index contributed by atoms with van der Waals surface area (Å²) in [7, 11) is 0. The summed E-state index contributed by atoms with van der Waals surface area (Å²) in [6.45, 7) is 4.79. The lowest BCUT2D eigenvalue weighted by molar-refractivity contribution is -0.151. The highest BCUT2D eigenvalue weighted by Crippen LogP contribution is 2.14.